The molecule has 1 N–H and O–H groups in total. The molecule has 1 aromatic heterocycles. The van der Waals surface area contributed by atoms with E-state index in [4.69, 9.17) is 9.52 Å². The van der Waals surface area contributed by atoms with Gasteiger partial charge in [-0.2, -0.15) is 0 Å². The lowest BCUT2D eigenvalue weighted by atomic mass is 10.5. The average Bonchev–Trinajstić information content (AvgIpc) is 2.14. The predicted octanol–water partition coefficient (Wildman–Crippen LogP) is 1.38. The first-order chi connectivity index (χ1) is 3.83. The maximum absolute atomic E-state index is 8.45. The van der Waals surface area contributed by atoms with E-state index in [1.165, 1.54) is 0 Å². The summed E-state index contributed by atoms with van der Waals surface area (Å²) >= 11 is 2.05. The lowest BCUT2D eigenvalue weighted by Gasteiger charge is -1.81. The molecule has 8 heavy (non-hydrogen) atoms. The molecule has 0 aromatic carbocycles. The zero-order chi connectivity index (χ0) is 5.98. The molecule has 0 fully saturated rings. The van der Waals surface area contributed by atoms with Crippen LogP contribution in [0.2, 0.25) is 0 Å². The molecule has 44 valence electrons. The summed E-state index contributed by atoms with van der Waals surface area (Å²) in [6.45, 7) is -0.0109. The van der Waals surface area contributed by atoms with Gasteiger partial charge in [0.2, 0.25) is 0 Å². The van der Waals surface area contributed by atoms with Gasteiger partial charge < -0.3 is 9.52 Å². The summed E-state index contributed by atoms with van der Waals surface area (Å²) in [4.78, 5) is 0. The van der Waals surface area contributed by atoms with Crippen LogP contribution in [0.25, 0.3) is 0 Å². The van der Waals surface area contributed by atoms with Crippen molar-refractivity contribution in [3.8, 4) is 0 Å². The van der Waals surface area contributed by atoms with Crippen molar-refractivity contribution in [3.63, 3.8) is 0 Å². The Labute approximate surface area is 60.6 Å². The Morgan fingerprint density at radius 2 is 2.38 bits per heavy atom. The number of furan rings is 1. The first kappa shape index (κ1) is 6.10. The van der Waals surface area contributed by atoms with Crippen LogP contribution in [0.5, 0.6) is 0 Å². The molecular weight excluding hydrogens is 219 g/mol. The summed E-state index contributed by atoms with van der Waals surface area (Å²) in [5, 5.41) is 8.45. The molecule has 0 saturated carbocycles. The highest BCUT2D eigenvalue weighted by Gasteiger charge is 1.93. The number of aliphatic hydroxyl groups is 1. The summed E-state index contributed by atoms with van der Waals surface area (Å²) in [6.07, 6.45) is 0. The van der Waals surface area contributed by atoms with Gasteiger partial charge in [0, 0.05) is 0 Å². The second kappa shape index (κ2) is 2.50. The number of aliphatic hydroxyl groups excluding tert-OH is 1. The van der Waals surface area contributed by atoms with E-state index in [-0.39, 0.29) is 6.61 Å². The zero-order valence-corrected chi connectivity index (χ0v) is 6.25. The molecule has 3 heteroatoms. The van der Waals surface area contributed by atoms with Crippen LogP contribution in [-0.4, -0.2) is 5.11 Å². The van der Waals surface area contributed by atoms with Gasteiger partial charge in [-0.15, -0.1) is 0 Å². The maximum atomic E-state index is 8.45. The van der Waals surface area contributed by atoms with E-state index >= 15 is 0 Å². The Kier molecular flexibility index (Phi) is 1.90. The number of hydrogen-bond donors (Lipinski definition) is 1. The normalized spacial score (nSPS) is 9.75. The van der Waals surface area contributed by atoms with Crippen LogP contribution in [0.1, 0.15) is 5.76 Å². The highest BCUT2D eigenvalue weighted by molar-refractivity contribution is 14.1. The SMILES string of the molecule is OCc1ccc(I)o1. The summed E-state index contributed by atoms with van der Waals surface area (Å²) in [5.41, 5.74) is 0. The Bertz CT molecular complexity index is 171. The van der Waals surface area contributed by atoms with Crippen LogP contribution in [0.4, 0.5) is 0 Å². The van der Waals surface area contributed by atoms with E-state index in [0.29, 0.717) is 5.76 Å². The van der Waals surface area contributed by atoms with Crippen molar-refractivity contribution >= 4 is 22.6 Å². The molecule has 2 nitrogen and oxygen atoms in total. The highest BCUT2D eigenvalue weighted by atomic mass is 127. The van der Waals surface area contributed by atoms with Gasteiger partial charge in [0.05, 0.1) is 0 Å². The van der Waals surface area contributed by atoms with Gasteiger partial charge >= 0.3 is 0 Å². The third-order valence-corrected chi connectivity index (χ3v) is 1.36. The first-order valence-electron chi connectivity index (χ1n) is 2.18. The van der Waals surface area contributed by atoms with Crippen LogP contribution in [0.15, 0.2) is 16.5 Å². The summed E-state index contributed by atoms with van der Waals surface area (Å²) in [7, 11) is 0. The molecule has 0 radical (unpaired) electrons. The van der Waals surface area contributed by atoms with Gasteiger partial charge in [-0.25, -0.2) is 0 Å². The summed E-state index contributed by atoms with van der Waals surface area (Å²) in [6, 6.07) is 3.56. The van der Waals surface area contributed by atoms with E-state index in [0.717, 1.165) is 3.77 Å². The van der Waals surface area contributed by atoms with Crippen LogP contribution >= 0.6 is 22.6 Å². The largest absolute Gasteiger partial charge is 0.453 e. The molecule has 0 spiro atoms. The van der Waals surface area contributed by atoms with Gasteiger partial charge in [0.15, 0.2) is 3.77 Å². The van der Waals surface area contributed by atoms with Crippen LogP contribution < -0.4 is 0 Å². The van der Waals surface area contributed by atoms with Crippen LogP contribution in [-0.2, 0) is 6.61 Å². The van der Waals surface area contributed by atoms with Crippen LogP contribution in [0.3, 0.4) is 0 Å². The smallest absolute Gasteiger partial charge is 0.164 e. The molecule has 1 rings (SSSR count). The highest BCUT2D eigenvalue weighted by Crippen LogP contribution is 2.08. The minimum absolute atomic E-state index is 0.0109. The Balaban J connectivity index is 2.84. The molecule has 0 aliphatic carbocycles. The number of hydrogen-bond acceptors (Lipinski definition) is 2. The molecule has 0 aliphatic rings. The standard InChI is InChI=1S/C5H5IO2/c6-5-2-1-4(3-7)8-5/h1-2,7H,3H2. The van der Waals surface area contributed by atoms with Crippen molar-refractivity contribution in [2.75, 3.05) is 0 Å². The van der Waals surface area contributed by atoms with Gasteiger partial charge in [-0.3, -0.25) is 0 Å². The Hall–Kier alpha value is -0.0300. The Morgan fingerprint density at radius 1 is 1.62 bits per heavy atom. The lowest BCUT2D eigenvalue weighted by Crippen LogP contribution is -1.73. The van der Waals surface area contributed by atoms with Crippen molar-refractivity contribution in [2.24, 2.45) is 0 Å². The van der Waals surface area contributed by atoms with E-state index < -0.39 is 0 Å². The van der Waals surface area contributed by atoms with E-state index in [2.05, 4.69) is 0 Å². The van der Waals surface area contributed by atoms with Gasteiger partial charge in [-0.1, -0.05) is 0 Å². The fraction of sp³-hybridized carbons (Fsp3) is 0.200. The topological polar surface area (TPSA) is 33.4 Å². The molecular formula is C5H5IO2. The van der Waals surface area contributed by atoms with Crippen LogP contribution in [0, 0.1) is 3.77 Å². The third kappa shape index (κ3) is 1.23. The predicted molar refractivity (Wildman–Crippen MR) is 37.3 cm³/mol. The minimum Gasteiger partial charge on any atom is -0.453 e. The molecule has 0 saturated heterocycles. The summed E-state index contributed by atoms with van der Waals surface area (Å²) in [5.74, 6) is 0.620. The van der Waals surface area contributed by atoms with Crippen molar-refractivity contribution in [2.45, 2.75) is 6.61 Å². The number of halogens is 1. The molecule has 1 aromatic rings. The Morgan fingerprint density at radius 3 is 2.62 bits per heavy atom. The van der Waals surface area contributed by atoms with Crippen molar-refractivity contribution in [1.29, 1.82) is 0 Å². The van der Waals surface area contributed by atoms with Gasteiger partial charge in [0.1, 0.15) is 12.4 Å². The van der Waals surface area contributed by atoms with E-state index in [1.807, 2.05) is 28.7 Å². The second-order valence-electron chi connectivity index (χ2n) is 1.36. The van der Waals surface area contributed by atoms with Gasteiger partial charge in [-0.05, 0) is 34.7 Å². The summed E-state index contributed by atoms with van der Waals surface area (Å²) < 4.78 is 5.78. The first-order valence-corrected chi connectivity index (χ1v) is 3.26. The van der Waals surface area contributed by atoms with E-state index in [1.54, 1.807) is 6.07 Å². The lowest BCUT2D eigenvalue weighted by molar-refractivity contribution is 0.244. The monoisotopic (exact) mass is 224 g/mol. The molecule has 0 unspecified atom stereocenters. The second-order valence-corrected chi connectivity index (χ2v) is 2.43. The quantitative estimate of drug-likeness (QED) is 0.731. The van der Waals surface area contributed by atoms with Gasteiger partial charge in [0.25, 0.3) is 0 Å². The van der Waals surface area contributed by atoms with Crippen molar-refractivity contribution < 1.29 is 9.52 Å². The molecule has 0 aliphatic heterocycles. The minimum atomic E-state index is -0.0109. The third-order valence-electron chi connectivity index (χ3n) is 0.785. The van der Waals surface area contributed by atoms with E-state index in [9.17, 15) is 0 Å². The fourth-order valence-corrected chi connectivity index (χ4v) is 0.899. The molecule has 0 amide bonds. The van der Waals surface area contributed by atoms with Crippen molar-refractivity contribution in [3.05, 3.63) is 21.7 Å². The maximum Gasteiger partial charge on any atom is 0.164 e. The molecule has 1 heterocycles. The number of rotatable bonds is 1. The average molecular weight is 224 g/mol. The molecule has 0 atom stereocenters. The fourth-order valence-electron chi connectivity index (χ4n) is 0.437. The zero-order valence-electron chi connectivity index (χ0n) is 4.10. The van der Waals surface area contributed by atoms with Crippen molar-refractivity contribution in [1.82, 2.24) is 0 Å². The molecule has 0 bridgehead atoms.